The number of aliphatic hydroxyl groups excluding tert-OH is 2. The van der Waals surface area contributed by atoms with Crippen molar-refractivity contribution in [2.24, 2.45) is 0 Å². The van der Waals surface area contributed by atoms with Crippen LogP contribution in [0.1, 0.15) is 386 Å². The smallest absolute Gasteiger partial charge is 0.305 e. The Morgan fingerprint density at radius 1 is 0.359 bits per heavy atom. The van der Waals surface area contributed by atoms with Gasteiger partial charge in [0.15, 0.2) is 0 Å². The van der Waals surface area contributed by atoms with Crippen molar-refractivity contribution in [2.75, 3.05) is 13.2 Å². The summed E-state index contributed by atoms with van der Waals surface area (Å²) in [6, 6.07) is -0.543. The highest BCUT2D eigenvalue weighted by Gasteiger charge is 2.20. The average Bonchev–Trinajstić information content (AvgIpc) is 3.44. The van der Waals surface area contributed by atoms with Crippen molar-refractivity contribution >= 4 is 11.9 Å². The van der Waals surface area contributed by atoms with Crippen LogP contribution in [0.3, 0.4) is 0 Å². The second kappa shape index (κ2) is 67.6. The first-order chi connectivity index (χ1) is 38.5. The standard InChI is InChI=1S/C72H137NO5/c1-3-5-7-9-11-13-15-16-17-18-19-29-32-35-38-41-45-48-52-56-60-64-70(75)69(68-74)73-71(76)65-61-57-53-49-46-42-39-36-33-30-27-25-23-21-20-22-24-26-28-31-34-37-40-43-47-51-55-59-63-67-78-72(77)66-62-58-54-50-44-14-12-10-8-6-4-2/h10,12,20,22,26,28,69-70,74-75H,3-9,11,13-19,21,23-25,27,29-68H2,1-2H3,(H,73,76)/b12-10-,22-20-,28-26-. The van der Waals surface area contributed by atoms with Crippen molar-refractivity contribution in [1.82, 2.24) is 5.32 Å². The Kier molecular flexibility index (Phi) is 65.9. The number of hydrogen-bond acceptors (Lipinski definition) is 5. The van der Waals surface area contributed by atoms with Crippen molar-refractivity contribution in [3.63, 3.8) is 0 Å². The lowest BCUT2D eigenvalue weighted by molar-refractivity contribution is -0.143. The summed E-state index contributed by atoms with van der Waals surface area (Å²) in [5.74, 6) is -0.0308. The van der Waals surface area contributed by atoms with E-state index < -0.39 is 12.1 Å². The second-order valence-corrected chi connectivity index (χ2v) is 24.2. The molecule has 3 N–H and O–H groups in total. The minimum absolute atomic E-state index is 0.00121. The fraction of sp³-hybridized carbons (Fsp3) is 0.889. The number of ether oxygens (including phenoxy) is 1. The summed E-state index contributed by atoms with van der Waals surface area (Å²) in [4.78, 5) is 24.5. The monoisotopic (exact) mass is 1100 g/mol. The molecule has 0 aliphatic carbocycles. The fourth-order valence-electron chi connectivity index (χ4n) is 11.0. The van der Waals surface area contributed by atoms with Crippen molar-refractivity contribution < 1.29 is 24.5 Å². The van der Waals surface area contributed by atoms with Crippen LogP contribution in [0, 0.1) is 0 Å². The molecule has 0 aromatic heterocycles. The molecule has 0 bridgehead atoms. The minimum atomic E-state index is -0.666. The van der Waals surface area contributed by atoms with Crippen molar-refractivity contribution in [2.45, 2.75) is 398 Å². The molecule has 0 fully saturated rings. The lowest BCUT2D eigenvalue weighted by atomic mass is 10.0. The summed E-state index contributed by atoms with van der Waals surface area (Å²) >= 11 is 0. The normalized spacial score (nSPS) is 12.7. The van der Waals surface area contributed by atoms with Crippen LogP contribution in [0.25, 0.3) is 0 Å². The summed E-state index contributed by atoms with van der Waals surface area (Å²) in [7, 11) is 0. The highest BCUT2D eigenvalue weighted by molar-refractivity contribution is 5.76. The van der Waals surface area contributed by atoms with E-state index in [1.165, 1.54) is 302 Å². The van der Waals surface area contributed by atoms with Gasteiger partial charge in [-0.3, -0.25) is 9.59 Å². The Morgan fingerprint density at radius 2 is 0.654 bits per heavy atom. The van der Waals surface area contributed by atoms with Gasteiger partial charge in [-0.25, -0.2) is 0 Å². The molecule has 0 radical (unpaired) electrons. The van der Waals surface area contributed by atoms with Gasteiger partial charge in [0.1, 0.15) is 0 Å². The van der Waals surface area contributed by atoms with Gasteiger partial charge < -0.3 is 20.3 Å². The molecule has 0 aliphatic rings. The Labute approximate surface area is 487 Å². The zero-order chi connectivity index (χ0) is 56.4. The molecule has 2 unspecified atom stereocenters. The third-order valence-electron chi connectivity index (χ3n) is 16.4. The van der Waals surface area contributed by atoms with Gasteiger partial charge >= 0.3 is 5.97 Å². The zero-order valence-corrected chi connectivity index (χ0v) is 52.7. The summed E-state index contributed by atoms with van der Waals surface area (Å²) in [5.41, 5.74) is 0. The van der Waals surface area contributed by atoms with E-state index in [1.54, 1.807) is 0 Å². The molecule has 2 atom stereocenters. The van der Waals surface area contributed by atoms with Gasteiger partial charge in [-0.05, 0) is 77.0 Å². The number of carbonyl (C=O) groups excluding carboxylic acids is 2. The first kappa shape index (κ1) is 76.1. The number of rotatable bonds is 66. The molecule has 0 spiro atoms. The van der Waals surface area contributed by atoms with E-state index in [9.17, 15) is 19.8 Å². The van der Waals surface area contributed by atoms with E-state index in [4.69, 9.17) is 4.74 Å². The van der Waals surface area contributed by atoms with Crippen LogP contribution >= 0.6 is 0 Å². The van der Waals surface area contributed by atoms with Crippen LogP contribution in [0.4, 0.5) is 0 Å². The van der Waals surface area contributed by atoms with Crippen LogP contribution in [0.15, 0.2) is 36.5 Å². The number of nitrogens with one attached hydrogen (secondary N) is 1. The van der Waals surface area contributed by atoms with Gasteiger partial charge in [0.05, 0.1) is 25.4 Å². The average molecular weight is 1100 g/mol. The van der Waals surface area contributed by atoms with Crippen LogP contribution < -0.4 is 5.32 Å². The summed E-state index contributed by atoms with van der Waals surface area (Å²) in [6.45, 7) is 4.94. The lowest BCUT2D eigenvalue weighted by Crippen LogP contribution is -2.45. The number of aliphatic hydroxyl groups is 2. The molecule has 0 saturated heterocycles. The molecule has 0 aliphatic heterocycles. The van der Waals surface area contributed by atoms with E-state index >= 15 is 0 Å². The predicted molar refractivity (Wildman–Crippen MR) is 343 cm³/mol. The number of carbonyl (C=O) groups is 2. The van der Waals surface area contributed by atoms with Crippen LogP contribution in [0.5, 0.6) is 0 Å². The number of hydrogen-bond donors (Lipinski definition) is 3. The molecule has 6 nitrogen and oxygen atoms in total. The highest BCUT2D eigenvalue weighted by Crippen LogP contribution is 2.19. The predicted octanol–water partition coefficient (Wildman–Crippen LogP) is 22.7. The maximum atomic E-state index is 12.5. The minimum Gasteiger partial charge on any atom is -0.466 e. The van der Waals surface area contributed by atoms with Crippen LogP contribution in [-0.4, -0.2) is 47.4 Å². The molecular weight excluding hydrogens is 959 g/mol. The summed E-state index contributed by atoms with van der Waals surface area (Å²) in [6.07, 6.45) is 86.2. The first-order valence-electron chi connectivity index (χ1n) is 35.2. The molecule has 0 saturated carbocycles. The van der Waals surface area contributed by atoms with Gasteiger partial charge in [0.2, 0.25) is 5.91 Å². The molecule has 1 amide bonds. The summed E-state index contributed by atoms with van der Waals surface area (Å²) in [5, 5.41) is 23.4. The number of amides is 1. The first-order valence-corrected chi connectivity index (χ1v) is 35.2. The topological polar surface area (TPSA) is 95.9 Å². The molecule has 460 valence electrons. The lowest BCUT2D eigenvalue weighted by Gasteiger charge is -2.22. The van der Waals surface area contributed by atoms with E-state index in [-0.39, 0.29) is 18.5 Å². The summed E-state index contributed by atoms with van der Waals surface area (Å²) < 4.78 is 5.46. The SMILES string of the molecule is CCCC/C=C\CCCCCCCC(=O)OCCCCCCCCCCC/C=C\C/C=C\CCCCCCCCCCCCCCCC(=O)NC(CO)C(O)CCCCCCCCCCCCCCCCCCCCCCC. The number of esters is 1. The van der Waals surface area contributed by atoms with E-state index in [1.807, 2.05) is 0 Å². The fourth-order valence-corrected chi connectivity index (χ4v) is 11.0. The Balaban J connectivity index is 3.41. The molecule has 0 rings (SSSR count). The molecular formula is C72H137NO5. The van der Waals surface area contributed by atoms with Crippen LogP contribution in [0.2, 0.25) is 0 Å². The molecule has 0 aromatic carbocycles. The van der Waals surface area contributed by atoms with E-state index in [0.29, 0.717) is 25.9 Å². The van der Waals surface area contributed by atoms with Crippen molar-refractivity contribution in [3.8, 4) is 0 Å². The quantitative estimate of drug-likeness (QED) is 0.0320. The Bertz CT molecular complexity index is 1260. The Morgan fingerprint density at radius 3 is 1.03 bits per heavy atom. The van der Waals surface area contributed by atoms with Crippen LogP contribution in [-0.2, 0) is 14.3 Å². The van der Waals surface area contributed by atoms with Gasteiger partial charge in [-0.2, -0.15) is 0 Å². The van der Waals surface area contributed by atoms with E-state index in [0.717, 1.165) is 51.4 Å². The zero-order valence-electron chi connectivity index (χ0n) is 52.7. The number of allylic oxidation sites excluding steroid dienone is 6. The van der Waals surface area contributed by atoms with E-state index in [2.05, 4.69) is 55.6 Å². The van der Waals surface area contributed by atoms with Gasteiger partial charge in [-0.15, -0.1) is 0 Å². The largest absolute Gasteiger partial charge is 0.466 e. The van der Waals surface area contributed by atoms with Crippen molar-refractivity contribution in [3.05, 3.63) is 36.5 Å². The molecule has 6 heteroatoms. The molecule has 0 aromatic rings. The van der Waals surface area contributed by atoms with Crippen molar-refractivity contribution in [1.29, 1.82) is 0 Å². The van der Waals surface area contributed by atoms with Gasteiger partial charge in [0.25, 0.3) is 0 Å². The third kappa shape index (κ3) is 63.3. The Hall–Kier alpha value is -1.92. The maximum absolute atomic E-state index is 12.5. The number of unbranched alkanes of at least 4 members (excludes halogenated alkanes) is 49. The second-order valence-electron chi connectivity index (χ2n) is 24.2. The third-order valence-corrected chi connectivity index (χ3v) is 16.4. The van der Waals surface area contributed by atoms with Gasteiger partial charge in [-0.1, -0.05) is 333 Å². The molecule has 0 heterocycles. The maximum Gasteiger partial charge on any atom is 0.305 e. The molecule has 78 heavy (non-hydrogen) atoms. The van der Waals surface area contributed by atoms with Gasteiger partial charge in [0, 0.05) is 12.8 Å². The highest BCUT2D eigenvalue weighted by atomic mass is 16.5.